The Morgan fingerprint density at radius 1 is 1.08 bits per heavy atom. The molecule has 2 amide bonds. The standard InChI is InChI=1S/C18H15BrClN3O3/c19-12-7-5-11(6-8-12)9-21-17(24)13-3-1-2-4-14(13)18(25)22-15-10-26-23-16(15)20/h1-8,23H,9-10H2,(H,21,24)(H,22,25). The van der Waals surface area contributed by atoms with Crippen LogP contribution in [0.4, 0.5) is 0 Å². The van der Waals surface area contributed by atoms with Crippen LogP contribution in [-0.4, -0.2) is 18.4 Å². The average molecular weight is 437 g/mol. The molecule has 0 spiro atoms. The van der Waals surface area contributed by atoms with Gasteiger partial charge in [0.05, 0.1) is 16.8 Å². The van der Waals surface area contributed by atoms with E-state index < -0.39 is 5.91 Å². The number of hydrogen-bond donors (Lipinski definition) is 3. The third kappa shape index (κ3) is 4.43. The summed E-state index contributed by atoms with van der Waals surface area (Å²) in [6.07, 6.45) is 0. The molecule has 1 aliphatic heterocycles. The molecule has 2 aromatic carbocycles. The molecule has 3 N–H and O–H groups in total. The van der Waals surface area contributed by atoms with Gasteiger partial charge in [-0.25, -0.2) is 0 Å². The van der Waals surface area contributed by atoms with Gasteiger partial charge < -0.3 is 10.6 Å². The Bertz CT molecular complexity index is 868. The van der Waals surface area contributed by atoms with Crippen LogP contribution in [0.5, 0.6) is 0 Å². The highest BCUT2D eigenvalue weighted by molar-refractivity contribution is 9.10. The summed E-state index contributed by atoms with van der Waals surface area (Å²) >= 11 is 9.26. The monoisotopic (exact) mass is 435 g/mol. The molecule has 0 fully saturated rings. The van der Waals surface area contributed by atoms with Crippen LogP contribution < -0.4 is 16.1 Å². The van der Waals surface area contributed by atoms with Gasteiger partial charge in [0.25, 0.3) is 11.8 Å². The minimum atomic E-state index is -0.431. The lowest BCUT2D eigenvalue weighted by Crippen LogP contribution is -2.29. The first kappa shape index (κ1) is 18.4. The lowest BCUT2D eigenvalue weighted by molar-refractivity contribution is 0.0909. The van der Waals surface area contributed by atoms with Crippen molar-refractivity contribution in [2.75, 3.05) is 6.61 Å². The zero-order valence-electron chi connectivity index (χ0n) is 13.5. The highest BCUT2D eigenvalue weighted by atomic mass is 79.9. The second kappa shape index (κ2) is 8.35. The summed E-state index contributed by atoms with van der Waals surface area (Å²) in [6.45, 7) is 0.499. The fourth-order valence-corrected chi connectivity index (χ4v) is 2.77. The summed E-state index contributed by atoms with van der Waals surface area (Å²) in [5, 5.41) is 5.70. The number of carbonyl (C=O) groups excluding carboxylic acids is 2. The molecule has 1 heterocycles. The van der Waals surface area contributed by atoms with Crippen LogP contribution in [0.3, 0.4) is 0 Å². The maximum Gasteiger partial charge on any atom is 0.256 e. The molecule has 3 rings (SSSR count). The summed E-state index contributed by atoms with van der Waals surface area (Å²) in [6, 6.07) is 14.2. The van der Waals surface area contributed by atoms with Crippen LogP contribution in [-0.2, 0) is 11.4 Å². The normalized spacial score (nSPS) is 13.3. The Morgan fingerprint density at radius 3 is 2.35 bits per heavy atom. The fourth-order valence-electron chi connectivity index (χ4n) is 2.35. The third-order valence-corrected chi connectivity index (χ3v) is 4.52. The van der Waals surface area contributed by atoms with Crippen LogP contribution in [0.25, 0.3) is 0 Å². The first-order chi connectivity index (χ1) is 12.5. The molecule has 0 saturated heterocycles. The van der Waals surface area contributed by atoms with Crippen molar-refractivity contribution in [2.45, 2.75) is 6.54 Å². The molecule has 0 aliphatic carbocycles. The molecule has 0 bridgehead atoms. The van der Waals surface area contributed by atoms with E-state index in [1.54, 1.807) is 24.3 Å². The summed E-state index contributed by atoms with van der Waals surface area (Å²) < 4.78 is 0.966. The van der Waals surface area contributed by atoms with Gasteiger partial charge in [-0.05, 0) is 29.8 Å². The molecular formula is C18H15BrClN3O3. The van der Waals surface area contributed by atoms with E-state index in [0.717, 1.165) is 10.0 Å². The van der Waals surface area contributed by atoms with Gasteiger partial charge in [0, 0.05) is 11.0 Å². The van der Waals surface area contributed by atoms with Gasteiger partial charge >= 0.3 is 0 Å². The van der Waals surface area contributed by atoms with E-state index in [0.29, 0.717) is 12.2 Å². The van der Waals surface area contributed by atoms with Gasteiger partial charge in [0.15, 0.2) is 0 Å². The van der Waals surface area contributed by atoms with Gasteiger partial charge in [-0.3, -0.25) is 19.9 Å². The third-order valence-electron chi connectivity index (χ3n) is 3.69. The molecule has 0 radical (unpaired) electrons. The Morgan fingerprint density at radius 2 is 1.73 bits per heavy atom. The van der Waals surface area contributed by atoms with Crippen molar-refractivity contribution in [3.05, 3.63) is 80.5 Å². The quantitative estimate of drug-likeness (QED) is 0.630. The molecule has 1 aliphatic rings. The van der Waals surface area contributed by atoms with Gasteiger partial charge in [-0.2, -0.15) is 0 Å². The summed E-state index contributed by atoms with van der Waals surface area (Å²) in [4.78, 5) is 30.0. The van der Waals surface area contributed by atoms with Gasteiger partial charge in [-0.1, -0.05) is 51.8 Å². The zero-order valence-corrected chi connectivity index (χ0v) is 15.9. The molecule has 8 heteroatoms. The van der Waals surface area contributed by atoms with E-state index in [9.17, 15) is 9.59 Å². The number of nitrogens with one attached hydrogen (secondary N) is 3. The average Bonchev–Trinajstić information content (AvgIpc) is 3.05. The molecule has 0 atom stereocenters. The maximum atomic E-state index is 12.5. The van der Waals surface area contributed by atoms with Crippen LogP contribution in [0.15, 0.2) is 63.9 Å². The Balaban J connectivity index is 1.71. The van der Waals surface area contributed by atoms with Crippen molar-refractivity contribution in [3.63, 3.8) is 0 Å². The van der Waals surface area contributed by atoms with E-state index in [1.807, 2.05) is 24.3 Å². The topological polar surface area (TPSA) is 79.5 Å². The SMILES string of the molecule is O=C(NCc1ccc(Br)cc1)c1ccccc1C(=O)NC1=C(Cl)NOC1. The van der Waals surface area contributed by atoms with Crippen molar-refractivity contribution < 1.29 is 14.4 Å². The van der Waals surface area contributed by atoms with Gasteiger partial charge in [0.2, 0.25) is 0 Å². The first-order valence-corrected chi connectivity index (χ1v) is 8.91. The minimum absolute atomic E-state index is 0.141. The molecule has 0 saturated carbocycles. The maximum absolute atomic E-state index is 12.5. The van der Waals surface area contributed by atoms with Crippen LogP contribution in [0.2, 0.25) is 0 Å². The molecule has 2 aromatic rings. The van der Waals surface area contributed by atoms with Crippen molar-refractivity contribution in [1.29, 1.82) is 0 Å². The van der Waals surface area contributed by atoms with Crippen LogP contribution in [0.1, 0.15) is 26.3 Å². The molecule has 0 aromatic heterocycles. The predicted octanol–water partition coefficient (Wildman–Crippen LogP) is 3.05. The van der Waals surface area contributed by atoms with E-state index in [2.05, 4.69) is 32.0 Å². The molecule has 26 heavy (non-hydrogen) atoms. The lowest BCUT2D eigenvalue weighted by Gasteiger charge is -2.11. The number of amides is 2. The molecule has 134 valence electrons. The van der Waals surface area contributed by atoms with Gasteiger partial charge in [0.1, 0.15) is 11.8 Å². The molecular weight excluding hydrogens is 422 g/mol. The van der Waals surface area contributed by atoms with Crippen molar-refractivity contribution in [3.8, 4) is 0 Å². The predicted molar refractivity (Wildman–Crippen MR) is 101 cm³/mol. The number of carbonyl (C=O) groups is 2. The number of halogens is 2. The molecule has 6 nitrogen and oxygen atoms in total. The summed E-state index contributed by atoms with van der Waals surface area (Å²) in [5.41, 5.74) is 4.36. The van der Waals surface area contributed by atoms with E-state index in [4.69, 9.17) is 16.4 Å². The number of rotatable bonds is 5. The highest BCUT2D eigenvalue weighted by Gasteiger charge is 2.20. The minimum Gasteiger partial charge on any atom is -0.348 e. The smallest absolute Gasteiger partial charge is 0.256 e. The van der Waals surface area contributed by atoms with Crippen LogP contribution >= 0.6 is 27.5 Å². The summed E-state index contributed by atoms with van der Waals surface area (Å²) in [7, 11) is 0. The second-order valence-electron chi connectivity index (χ2n) is 5.49. The largest absolute Gasteiger partial charge is 0.348 e. The number of hydroxylamine groups is 1. The highest BCUT2D eigenvalue weighted by Crippen LogP contribution is 2.14. The Hall–Kier alpha value is -2.35. The van der Waals surface area contributed by atoms with Crippen molar-refractivity contribution in [2.24, 2.45) is 0 Å². The number of benzene rings is 2. The first-order valence-electron chi connectivity index (χ1n) is 7.74. The Labute approximate surface area is 163 Å². The van der Waals surface area contributed by atoms with Crippen molar-refractivity contribution >= 4 is 39.3 Å². The number of hydrogen-bond acceptors (Lipinski definition) is 4. The van der Waals surface area contributed by atoms with E-state index in [-0.39, 0.29) is 28.8 Å². The fraction of sp³-hybridized carbons (Fsp3) is 0.111. The molecule has 0 unspecified atom stereocenters. The van der Waals surface area contributed by atoms with E-state index >= 15 is 0 Å². The van der Waals surface area contributed by atoms with E-state index in [1.165, 1.54) is 0 Å². The zero-order chi connectivity index (χ0) is 18.5. The lowest BCUT2D eigenvalue weighted by atomic mass is 10.1. The van der Waals surface area contributed by atoms with Crippen molar-refractivity contribution in [1.82, 2.24) is 16.1 Å². The summed E-state index contributed by atoms with van der Waals surface area (Å²) in [5.74, 6) is -0.764. The Kier molecular flexibility index (Phi) is 5.92. The second-order valence-corrected chi connectivity index (χ2v) is 6.79. The van der Waals surface area contributed by atoms with Crippen LogP contribution in [0, 0.1) is 0 Å². The van der Waals surface area contributed by atoms with Gasteiger partial charge in [-0.15, -0.1) is 0 Å².